The lowest BCUT2D eigenvalue weighted by molar-refractivity contribution is -0.0113. The summed E-state index contributed by atoms with van der Waals surface area (Å²) < 4.78 is 0. The van der Waals surface area contributed by atoms with E-state index in [4.69, 9.17) is 0 Å². The van der Waals surface area contributed by atoms with Crippen molar-refractivity contribution in [3.63, 3.8) is 0 Å². The Bertz CT molecular complexity index is 129. The third-order valence-electron chi connectivity index (χ3n) is 3.31. The van der Waals surface area contributed by atoms with E-state index < -0.39 is 0 Å². The lowest BCUT2D eigenvalue weighted by atomic mass is 9.75. The Morgan fingerprint density at radius 1 is 0.923 bits per heavy atom. The molecular formula is C11H22O2. The first-order chi connectivity index (χ1) is 6.13. The maximum atomic E-state index is 9.57. The standard InChI is InChI=1S/C11H22O2/c1-8(12)11(9(2)13)10-6-4-3-5-7-10/h8-13H,3-7H2,1-2H3/t8-,9+,11?. The molecule has 1 aliphatic rings. The largest absolute Gasteiger partial charge is 0.393 e. The van der Waals surface area contributed by atoms with Crippen LogP contribution in [0.2, 0.25) is 0 Å². The fourth-order valence-corrected chi connectivity index (χ4v) is 2.71. The van der Waals surface area contributed by atoms with E-state index in [0.717, 1.165) is 0 Å². The van der Waals surface area contributed by atoms with Crippen LogP contribution in [-0.4, -0.2) is 22.4 Å². The molecule has 2 N–H and O–H groups in total. The highest BCUT2D eigenvalue weighted by Crippen LogP contribution is 2.33. The molecule has 1 aliphatic carbocycles. The Balaban J connectivity index is 2.52. The van der Waals surface area contributed by atoms with Crippen LogP contribution in [0.3, 0.4) is 0 Å². The van der Waals surface area contributed by atoms with Crippen molar-refractivity contribution in [3.8, 4) is 0 Å². The van der Waals surface area contributed by atoms with Gasteiger partial charge in [-0.3, -0.25) is 0 Å². The molecule has 1 rings (SSSR count). The van der Waals surface area contributed by atoms with Gasteiger partial charge >= 0.3 is 0 Å². The Labute approximate surface area is 81.0 Å². The molecule has 0 aromatic rings. The van der Waals surface area contributed by atoms with Gasteiger partial charge in [0.1, 0.15) is 0 Å². The van der Waals surface area contributed by atoms with Gasteiger partial charge in [0.25, 0.3) is 0 Å². The van der Waals surface area contributed by atoms with Crippen LogP contribution in [0.5, 0.6) is 0 Å². The van der Waals surface area contributed by atoms with Gasteiger partial charge in [-0.1, -0.05) is 19.3 Å². The molecule has 0 saturated heterocycles. The fraction of sp³-hybridized carbons (Fsp3) is 1.00. The van der Waals surface area contributed by atoms with Crippen molar-refractivity contribution in [2.24, 2.45) is 11.8 Å². The third-order valence-corrected chi connectivity index (χ3v) is 3.31. The van der Waals surface area contributed by atoms with Crippen molar-refractivity contribution in [2.45, 2.75) is 58.2 Å². The van der Waals surface area contributed by atoms with E-state index >= 15 is 0 Å². The van der Waals surface area contributed by atoms with E-state index in [1.165, 1.54) is 32.1 Å². The van der Waals surface area contributed by atoms with E-state index in [1.807, 2.05) is 0 Å². The smallest absolute Gasteiger partial charge is 0.0567 e. The van der Waals surface area contributed by atoms with Gasteiger partial charge in [-0.15, -0.1) is 0 Å². The van der Waals surface area contributed by atoms with Gasteiger partial charge < -0.3 is 10.2 Å². The first-order valence-electron chi connectivity index (χ1n) is 5.49. The molecular weight excluding hydrogens is 164 g/mol. The minimum Gasteiger partial charge on any atom is -0.393 e. The molecule has 78 valence electrons. The monoisotopic (exact) mass is 186 g/mol. The van der Waals surface area contributed by atoms with Crippen LogP contribution in [0.1, 0.15) is 46.0 Å². The number of hydrogen-bond donors (Lipinski definition) is 2. The van der Waals surface area contributed by atoms with Gasteiger partial charge in [-0.05, 0) is 32.6 Å². The van der Waals surface area contributed by atoms with Crippen molar-refractivity contribution in [3.05, 3.63) is 0 Å². The second kappa shape index (κ2) is 4.97. The molecule has 0 heterocycles. The van der Waals surface area contributed by atoms with Gasteiger partial charge in [0.2, 0.25) is 0 Å². The minimum absolute atomic E-state index is 0.0836. The lowest BCUT2D eigenvalue weighted by Crippen LogP contribution is -2.35. The maximum absolute atomic E-state index is 9.57. The summed E-state index contributed by atoms with van der Waals surface area (Å²) in [5, 5.41) is 19.1. The second-order valence-electron chi connectivity index (χ2n) is 4.46. The van der Waals surface area contributed by atoms with E-state index in [1.54, 1.807) is 13.8 Å². The molecule has 3 atom stereocenters. The van der Waals surface area contributed by atoms with Crippen LogP contribution in [0.25, 0.3) is 0 Å². The molecule has 0 aliphatic heterocycles. The molecule has 0 aromatic heterocycles. The Morgan fingerprint density at radius 3 is 1.77 bits per heavy atom. The Kier molecular flexibility index (Phi) is 4.20. The van der Waals surface area contributed by atoms with Crippen LogP contribution in [0.15, 0.2) is 0 Å². The number of aliphatic hydroxyl groups is 2. The first kappa shape index (κ1) is 11.0. The van der Waals surface area contributed by atoms with Gasteiger partial charge in [0.15, 0.2) is 0 Å². The summed E-state index contributed by atoms with van der Waals surface area (Å²) in [6.45, 7) is 3.60. The lowest BCUT2D eigenvalue weighted by Gasteiger charge is -2.34. The van der Waals surface area contributed by atoms with Gasteiger partial charge in [0, 0.05) is 5.92 Å². The number of aliphatic hydroxyl groups excluding tert-OH is 2. The molecule has 2 heteroatoms. The van der Waals surface area contributed by atoms with Crippen LogP contribution >= 0.6 is 0 Å². The molecule has 13 heavy (non-hydrogen) atoms. The average Bonchev–Trinajstić information content (AvgIpc) is 2.04. The van der Waals surface area contributed by atoms with Gasteiger partial charge in [-0.25, -0.2) is 0 Å². The summed E-state index contributed by atoms with van der Waals surface area (Å²) in [7, 11) is 0. The summed E-state index contributed by atoms with van der Waals surface area (Å²) >= 11 is 0. The van der Waals surface area contributed by atoms with Crippen molar-refractivity contribution >= 4 is 0 Å². The van der Waals surface area contributed by atoms with E-state index in [9.17, 15) is 10.2 Å². The average molecular weight is 186 g/mol. The van der Waals surface area contributed by atoms with Crippen LogP contribution < -0.4 is 0 Å². The maximum Gasteiger partial charge on any atom is 0.0567 e. The first-order valence-corrected chi connectivity index (χ1v) is 5.49. The SMILES string of the molecule is C[C@H](O)C(C1CCCCC1)[C@@H](C)O. The minimum atomic E-state index is -0.372. The van der Waals surface area contributed by atoms with E-state index in [-0.39, 0.29) is 18.1 Å². The molecule has 0 spiro atoms. The summed E-state index contributed by atoms with van der Waals surface area (Å²) in [5.74, 6) is 0.619. The summed E-state index contributed by atoms with van der Waals surface area (Å²) in [5.41, 5.74) is 0. The molecule has 1 unspecified atom stereocenters. The Morgan fingerprint density at radius 2 is 1.38 bits per heavy atom. The summed E-state index contributed by atoms with van der Waals surface area (Å²) in [6, 6.07) is 0. The molecule has 1 fully saturated rings. The zero-order chi connectivity index (χ0) is 9.84. The second-order valence-corrected chi connectivity index (χ2v) is 4.46. The number of rotatable bonds is 3. The van der Waals surface area contributed by atoms with Crippen LogP contribution in [0, 0.1) is 11.8 Å². The van der Waals surface area contributed by atoms with Crippen LogP contribution in [-0.2, 0) is 0 Å². The highest BCUT2D eigenvalue weighted by molar-refractivity contribution is 4.80. The topological polar surface area (TPSA) is 40.5 Å². The normalized spacial score (nSPS) is 26.8. The number of hydrogen-bond acceptors (Lipinski definition) is 2. The zero-order valence-corrected chi connectivity index (χ0v) is 8.74. The third kappa shape index (κ3) is 2.96. The van der Waals surface area contributed by atoms with Crippen LogP contribution in [0.4, 0.5) is 0 Å². The van der Waals surface area contributed by atoms with Crippen molar-refractivity contribution in [2.75, 3.05) is 0 Å². The molecule has 0 radical (unpaired) electrons. The summed E-state index contributed by atoms with van der Waals surface area (Å²) in [6.07, 6.45) is 5.47. The van der Waals surface area contributed by atoms with Crippen molar-refractivity contribution in [1.29, 1.82) is 0 Å². The fourth-order valence-electron chi connectivity index (χ4n) is 2.71. The van der Waals surface area contributed by atoms with Gasteiger partial charge in [-0.2, -0.15) is 0 Å². The van der Waals surface area contributed by atoms with Crippen molar-refractivity contribution in [1.82, 2.24) is 0 Å². The predicted octanol–water partition coefficient (Wildman–Crippen LogP) is 1.94. The quantitative estimate of drug-likeness (QED) is 0.707. The molecule has 0 aromatic carbocycles. The van der Waals surface area contributed by atoms with E-state index in [2.05, 4.69) is 0 Å². The highest BCUT2D eigenvalue weighted by Gasteiger charge is 2.30. The predicted molar refractivity (Wildman–Crippen MR) is 53.4 cm³/mol. The Hall–Kier alpha value is -0.0800. The zero-order valence-electron chi connectivity index (χ0n) is 8.74. The molecule has 0 bridgehead atoms. The highest BCUT2D eigenvalue weighted by atomic mass is 16.3. The van der Waals surface area contributed by atoms with Crippen molar-refractivity contribution < 1.29 is 10.2 Å². The molecule has 2 nitrogen and oxygen atoms in total. The molecule has 1 saturated carbocycles. The van der Waals surface area contributed by atoms with Gasteiger partial charge in [0.05, 0.1) is 12.2 Å². The molecule has 0 amide bonds. The van der Waals surface area contributed by atoms with E-state index in [0.29, 0.717) is 5.92 Å². The summed E-state index contributed by atoms with van der Waals surface area (Å²) in [4.78, 5) is 0.